The fraction of sp³-hybridized carbons (Fsp3) is 0.364. The molecule has 19 heavy (non-hydrogen) atoms. The predicted molar refractivity (Wildman–Crippen MR) is 64.8 cm³/mol. The summed E-state index contributed by atoms with van der Waals surface area (Å²) in [5.74, 6) is -2.66. The molecule has 0 fully saturated rings. The Kier molecular flexibility index (Phi) is 4.76. The number of aliphatic hydroxyl groups excluding tert-OH is 1. The second-order valence-electron chi connectivity index (χ2n) is 3.84. The first-order valence-corrected chi connectivity index (χ1v) is 5.49. The predicted octanol–water partition coefficient (Wildman–Crippen LogP) is 1.61. The van der Waals surface area contributed by atoms with E-state index < -0.39 is 34.0 Å². The maximum atomic E-state index is 13.5. The third-order valence-corrected chi connectivity index (χ3v) is 2.59. The fourth-order valence-electron chi connectivity index (χ4n) is 1.49. The summed E-state index contributed by atoms with van der Waals surface area (Å²) in [6, 6.07) is 0.929. The van der Waals surface area contributed by atoms with Crippen LogP contribution in [0.1, 0.15) is 23.7 Å². The number of hydrogen-bond donors (Lipinski definition) is 3. The summed E-state index contributed by atoms with van der Waals surface area (Å²) in [5, 5.41) is 31.2. The summed E-state index contributed by atoms with van der Waals surface area (Å²) in [6.07, 6.45) is 0.468. The van der Waals surface area contributed by atoms with E-state index in [1.54, 1.807) is 6.92 Å². The molecule has 0 aromatic heterocycles. The zero-order valence-electron chi connectivity index (χ0n) is 10.1. The summed E-state index contributed by atoms with van der Waals surface area (Å²) < 4.78 is 13.5. The monoisotopic (exact) mass is 272 g/mol. The normalized spacial score (nSPS) is 11.9. The van der Waals surface area contributed by atoms with E-state index >= 15 is 0 Å². The van der Waals surface area contributed by atoms with Crippen molar-refractivity contribution >= 4 is 17.3 Å². The number of benzene rings is 1. The van der Waals surface area contributed by atoms with Crippen molar-refractivity contribution in [3.8, 4) is 0 Å². The SMILES string of the molecule is CCC(CO)Nc1cc(F)c(C(=O)O)cc1[N+](=O)[O-]. The van der Waals surface area contributed by atoms with Gasteiger partial charge in [0.05, 0.1) is 11.5 Å². The van der Waals surface area contributed by atoms with Crippen LogP contribution in [-0.2, 0) is 0 Å². The van der Waals surface area contributed by atoms with Gasteiger partial charge in [-0.1, -0.05) is 6.92 Å². The van der Waals surface area contributed by atoms with Crippen LogP contribution in [0.4, 0.5) is 15.8 Å². The average molecular weight is 272 g/mol. The summed E-state index contributed by atoms with van der Waals surface area (Å²) in [7, 11) is 0. The smallest absolute Gasteiger partial charge is 0.338 e. The van der Waals surface area contributed by atoms with Gasteiger partial charge in [-0.25, -0.2) is 9.18 Å². The Morgan fingerprint density at radius 3 is 2.63 bits per heavy atom. The van der Waals surface area contributed by atoms with Gasteiger partial charge >= 0.3 is 5.97 Å². The number of halogens is 1. The molecule has 0 radical (unpaired) electrons. The van der Waals surface area contributed by atoms with E-state index in [2.05, 4.69) is 5.32 Å². The van der Waals surface area contributed by atoms with E-state index in [0.717, 1.165) is 6.07 Å². The molecule has 104 valence electrons. The first-order valence-electron chi connectivity index (χ1n) is 5.49. The van der Waals surface area contributed by atoms with Crippen LogP contribution >= 0.6 is 0 Å². The molecule has 0 heterocycles. The zero-order valence-corrected chi connectivity index (χ0v) is 10.1. The minimum atomic E-state index is -1.58. The molecular weight excluding hydrogens is 259 g/mol. The van der Waals surface area contributed by atoms with Gasteiger partial charge in [0.1, 0.15) is 17.1 Å². The topological polar surface area (TPSA) is 113 Å². The molecular formula is C11H13FN2O5. The van der Waals surface area contributed by atoms with E-state index in [-0.39, 0.29) is 12.3 Å². The number of nitro benzene ring substituents is 1. The fourth-order valence-corrected chi connectivity index (χ4v) is 1.49. The highest BCUT2D eigenvalue weighted by atomic mass is 19.1. The molecule has 8 heteroatoms. The highest BCUT2D eigenvalue weighted by Gasteiger charge is 2.23. The van der Waals surface area contributed by atoms with Crippen molar-refractivity contribution in [1.29, 1.82) is 0 Å². The largest absolute Gasteiger partial charge is 0.478 e. The number of hydrogen-bond acceptors (Lipinski definition) is 5. The van der Waals surface area contributed by atoms with Crippen molar-refractivity contribution < 1.29 is 24.3 Å². The van der Waals surface area contributed by atoms with E-state index in [9.17, 15) is 19.3 Å². The summed E-state index contributed by atoms with van der Waals surface area (Å²) >= 11 is 0. The number of nitro groups is 1. The number of nitrogens with zero attached hydrogens (tertiary/aromatic N) is 1. The number of anilines is 1. The second kappa shape index (κ2) is 6.10. The number of carboxylic acids is 1. The van der Waals surface area contributed by atoms with E-state index in [1.807, 2.05) is 0 Å². The van der Waals surface area contributed by atoms with Crippen LogP contribution in [0.5, 0.6) is 0 Å². The van der Waals surface area contributed by atoms with E-state index in [0.29, 0.717) is 12.5 Å². The zero-order chi connectivity index (χ0) is 14.6. The standard InChI is InChI=1S/C11H13FN2O5/c1-2-6(5-15)13-9-4-8(12)7(11(16)17)3-10(9)14(18)19/h3-4,6,13,15H,2,5H2,1H3,(H,16,17). The van der Waals surface area contributed by atoms with Crippen molar-refractivity contribution in [2.45, 2.75) is 19.4 Å². The molecule has 1 aromatic carbocycles. The van der Waals surface area contributed by atoms with Crippen molar-refractivity contribution in [1.82, 2.24) is 0 Å². The van der Waals surface area contributed by atoms with E-state index in [4.69, 9.17) is 10.2 Å². The molecule has 0 saturated heterocycles. The summed E-state index contributed by atoms with van der Waals surface area (Å²) in [6.45, 7) is 1.46. The Morgan fingerprint density at radius 1 is 1.58 bits per heavy atom. The molecule has 0 aliphatic heterocycles. The van der Waals surface area contributed by atoms with Crippen molar-refractivity contribution in [2.75, 3.05) is 11.9 Å². The molecule has 1 unspecified atom stereocenters. The van der Waals surface area contributed by atoms with Crippen LogP contribution in [0.15, 0.2) is 12.1 Å². The Bertz CT molecular complexity index is 502. The first kappa shape index (κ1) is 14.8. The molecule has 7 nitrogen and oxygen atoms in total. The highest BCUT2D eigenvalue weighted by Crippen LogP contribution is 2.28. The molecule has 0 bridgehead atoms. The second-order valence-corrected chi connectivity index (χ2v) is 3.84. The van der Waals surface area contributed by atoms with Gasteiger partial charge in [0.2, 0.25) is 0 Å². The lowest BCUT2D eigenvalue weighted by Crippen LogP contribution is -2.23. The van der Waals surface area contributed by atoms with Crippen molar-refractivity contribution in [2.24, 2.45) is 0 Å². The summed E-state index contributed by atoms with van der Waals surface area (Å²) in [4.78, 5) is 20.8. The molecule has 0 aliphatic carbocycles. The maximum absolute atomic E-state index is 13.5. The van der Waals surface area contributed by atoms with Gasteiger partial charge in [-0.05, 0) is 6.42 Å². The lowest BCUT2D eigenvalue weighted by Gasteiger charge is -2.15. The van der Waals surface area contributed by atoms with Gasteiger partial charge in [0.15, 0.2) is 0 Å². The van der Waals surface area contributed by atoms with Gasteiger partial charge in [-0.3, -0.25) is 10.1 Å². The molecule has 1 rings (SSSR count). The van der Waals surface area contributed by atoms with Crippen LogP contribution in [0.2, 0.25) is 0 Å². The first-order chi connectivity index (χ1) is 8.90. The maximum Gasteiger partial charge on any atom is 0.338 e. The quantitative estimate of drug-likeness (QED) is 0.535. The number of aliphatic hydroxyl groups is 1. The molecule has 0 spiro atoms. The minimum Gasteiger partial charge on any atom is -0.478 e. The van der Waals surface area contributed by atoms with Gasteiger partial charge in [0.25, 0.3) is 5.69 Å². The molecule has 3 N–H and O–H groups in total. The number of nitrogens with one attached hydrogen (secondary N) is 1. The van der Waals surface area contributed by atoms with Crippen molar-refractivity contribution in [3.63, 3.8) is 0 Å². The molecule has 1 aromatic rings. The average Bonchev–Trinajstić information content (AvgIpc) is 2.34. The number of carbonyl (C=O) groups is 1. The Balaban J connectivity index is 3.27. The molecule has 0 aliphatic rings. The van der Waals surface area contributed by atoms with Crippen molar-refractivity contribution in [3.05, 3.63) is 33.6 Å². The van der Waals surface area contributed by atoms with Crippen LogP contribution in [-0.4, -0.2) is 33.8 Å². The van der Waals surface area contributed by atoms with Gasteiger partial charge in [-0.2, -0.15) is 0 Å². The van der Waals surface area contributed by atoms with Gasteiger partial charge < -0.3 is 15.5 Å². The van der Waals surface area contributed by atoms with Crippen LogP contribution < -0.4 is 5.32 Å². The highest BCUT2D eigenvalue weighted by molar-refractivity contribution is 5.90. The molecule has 0 saturated carbocycles. The minimum absolute atomic E-state index is 0.159. The van der Waals surface area contributed by atoms with Gasteiger partial charge in [-0.15, -0.1) is 0 Å². The lowest BCUT2D eigenvalue weighted by atomic mass is 10.1. The summed E-state index contributed by atoms with van der Waals surface area (Å²) in [5.41, 5.74) is -1.48. The third-order valence-electron chi connectivity index (χ3n) is 2.59. The van der Waals surface area contributed by atoms with Crippen LogP contribution in [0.3, 0.4) is 0 Å². The van der Waals surface area contributed by atoms with Gasteiger partial charge in [0, 0.05) is 18.2 Å². The van der Waals surface area contributed by atoms with Crippen LogP contribution in [0.25, 0.3) is 0 Å². The Hall–Kier alpha value is -2.22. The third kappa shape index (κ3) is 3.38. The number of rotatable bonds is 6. The van der Waals surface area contributed by atoms with Crippen LogP contribution in [0, 0.1) is 15.9 Å². The lowest BCUT2D eigenvalue weighted by molar-refractivity contribution is -0.384. The number of carboxylic acid groups (broad SMARTS) is 1. The number of aromatic carboxylic acids is 1. The molecule has 1 atom stereocenters. The Labute approximate surface area is 107 Å². The molecule has 0 amide bonds. The Morgan fingerprint density at radius 2 is 2.21 bits per heavy atom. The van der Waals surface area contributed by atoms with E-state index in [1.165, 1.54) is 0 Å².